The number of nitrogens with zero attached hydrogens (tertiary/aromatic N) is 4. The van der Waals surface area contributed by atoms with Gasteiger partial charge in [-0.3, -0.25) is 9.36 Å². The molecule has 0 aliphatic rings. The van der Waals surface area contributed by atoms with Gasteiger partial charge in [0.1, 0.15) is 6.67 Å². The number of hydrogen-bond donors (Lipinski definition) is 1. The van der Waals surface area contributed by atoms with Gasteiger partial charge in [-0.05, 0) is 13.8 Å². The summed E-state index contributed by atoms with van der Waals surface area (Å²) < 4.78 is 15.6. The fourth-order valence-corrected chi connectivity index (χ4v) is 1.90. The molecule has 0 radical (unpaired) electrons. The Labute approximate surface area is 106 Å². The van der Waals surface area contributed by atoms with Crippen LogP contribution in [0.1, 0.15) is 16.8 Å². The lowest BCUT2D eigenvalue weighted by atomic mass is 10.2. The van der Waals surface area contributed by atoms with E-state index in [-0.39, 0.29) is 0 Å². The molecule has 18 heavy (non-hydrogen) atoms. The van der Waals surface area contributed by atoms with Crippen LogP contribution in [0.25, 0.3) is 0 Å². The van der Waals surface area contributed by atoms with Crippen molar-refractivity contribution in [1.82, 2.24) is 19.6 Å². The van der Waals surface area contributed by atoms with E-state index < -0.39 is 6.67 Å². The van der Waals surface area contributed by atoms with Crippen molar-refractivity contribution < 1.29 is 4.39 Å². The minimum absolute atomic E-state index is 0.300. The van der Waals surface area contributed by atoms with Crippen LogP contribution in [0.15, 0.2) is 12.4 Å². The average Bonchev–Trinajstić information content (AvgIpc) is 2.80. The molecule has 98 valence electrons. The molecule has 0 bridgehead atoms. The van der Waals surface area contributed by atoms with Gasteiger partial charge in [0, 0.05) is 37.1 Å². The van der Waals surface area contributed by atoms with Crippen LogP contribution in [0.5, 0.6) is 0 Å². The smallest absolute Gasteiger partial charge is 0.151 e. The first kappa shape index (κ1) is 12.6. The third-order valence-corrected chi connectivity index (χ3v) is 2.82. The summed E-state index contributed by atoms with van der Waals surface area (Å²) in [5, 5.41) is 11.8. The van der Waals surface area contributed by atoms with Gasteiger partial charge < -0.3 is 5.32 Å². The summed E-state index contributed by atoms with van der Waals surface area (Å²) in [5.74, 6) is 0.798. The maximum Gasteiger partial charge on any atom is 0.151 e. The Balaban J connectivity index is 2.03. The number of halogens is 1. The Morgan fingerprint density at radius 2 is 2.06 bits per heavy atom. The molecular formula is C12H18FN5. The van der Waals surface area contributed by atoms with Gasteiger partial charge in [-0.2, -0.15) is 10.2 Å². The first-order valence-electron chi connectivity index (χ1n) is 5.93. The summed E-state index contributed by atoms with van der Waals surface area (Å²) in [6.45, 7) is 4.51. The first-order chi connectivity index (χ1) is 8.60. The molecule has 2 heterocycles. The van der Waals surface area contributed by atoms with Crippen molar-refractivity contribution in [2.45, 2.75) is 26.9 Å². The molecule has 0 atom stereocenters. The Morgan fingerprint density at radius 3 is 2.67 bits per heavy atom. The normalized spacial score (nSPS) is 10.9. The lowest BCUT2D eigenvalue weighted by Crippen LogP contribution is -2.04. The summed E-state index contributed by atoms with van der Waals surface area (Å²) in [6, 6.07) is 0. The van der Waals surface area contributed by atoms with E-state index in [4.69, 9.17) is 0 Å². The maximum atomic E-state index is 12.2. The van der Waals surface area contributed by atoms with Gasteiger partial charge in [0.15, 0.2) is 5.82 Å². The fourth-order valence-electron chi connectivity index (χ4n) is 1.90. The summed E-state index contributed by atoms with van der Waals surface area (Å²) in [7, 11) is 1.90. The van der Waals surface area contributed by atoms with Crippen LogP contribution in [-0.4, -0.2) is 26.2 Å². The molecule has 6 heteroatoms. The maximum absolute atomic E-state index is 12.2. The second kappa shape index (κ2) is 5.20. The highest BCUT2D eigenvalue weighted by Gasteiger charge is 2.07. The second-order valence-electron chi connectivity index (χ2n) is 4.38. The quantitative estimate of drug-likeness (QED) is 0.881. The number of nitrogens with one attached hydrogen (secondary N) is 1. The lowest BCUT2D eigenvalue weighted by Gasteiger charge is -2.02. The van der Waals surface area contributed by atoms with Crippen LogP contribution >= 0.6 is 0 Å². The van der Waals surface area contributed by atoms with Gasteiger partial charge in [-0.25, -0.2) is 4.39 Å². The van der Waals surface area contributed by atoms with Crippen LogP contribution in [0.3, 0.4) is 0 Å². The van der Waals surface area contributed by atoms with E-state index in [2.05, 4.69) is 15.5 Å². The minimum Gasteiger partial charge on any atom is -0.364 e. The van der Waals surface area contributed by atoms with Crippen molar-refractivity contribution in [3.05, 3.63) is 29.2 Å². The molecule has 0 aromatic carbocycles. The van der Waals surface area contributed by atoms with Gasteiger partial charge in [-0.15, -0.1) is 0 Å². The highest BCUT2D eigenvalue weighted by atomic mass is 19.1. The van der Waals surface area contributed by atoms with Crippen molar-refractivity contribution in [2.24, 2.45) is 7.05 Å². The van der Waals surface area contributed by atoms with E-state index in [1.165, 1.54) is 0 Å². The highest BCUT2D eigenvalue weighted by Crippen LogP contribution is 2.14. The molecule has 2 aromatic heterocycles. The Kier molecular flexibility index (Phi) is 3.64. The molecule has 2 aromatic rings. The third-order valence-electron chi connectivity index (χ3n) is 2.82. The van der Waals surface area contributed by atoms with Gasteiger partial charge in [0.2, 0.25) is 0 Å². The molecule has 0 spiro atoms. The zero-order chi connectivity index (χ0) is 13.1. The molecule has 0 aliphatic carbocycles. The zero-order valence-electron chi connectivity index (χ0n) is 10.9. The fraction of sp³-hybridized carbons (Fsp3) is 0.500. The highest BCUT2D eigenvalue weighted by molar-refractivity contribution is 5.42. The molecule has 0 saturated carbocycles. The Bertz CT molecular complexity index is 529. The number of hydrogen-bond acceptors (Lipinski definition) is 3. The standard InChI is InChI=1S/C12H18FN5/c1-9-7-18(5-4-13)16-12(9)14-6-11-8-17(3)15-10(11)2/h7-8H,4-6H2,1-3H3,(H,14,16). The van der Waals surface area contributed by atoms with Gasteiger partial charge >= 0.3 is 0 Å². The van der Waals surface area contributed by atoms with E-state index in [1.807, 2.05) is 33.3 Å². The lowest BCUT2D eigenvalue weighted by molar-refractivity contribution is 0.427. The van der Waals surface area contributed by atoms with Crippen molar-refractivity contribution >= 4 is 5.82 Å². The van der Waals surface area contributed by atoms with E-state index >= 15 is 0 Å². The summed E-state index contributed by atoms with van der Waals surface area (Å²) in [4.78, 5) is 0. The van der Waals surface area contributed by atoms with Crippen molar-refractivity contribution in [1.29, 1.82) is 0 Å². The molecular weight excluding hydrogens is 233 g/mol. The number of aromatic nitrogens is 4. The van der Waals surface area contributed by atoms with Crippen LogP contribution in [0, 0.1) is 13.8 Å². The summed E-state index contributed by atoms with van der Waals surface area (Å²) in [6.07, 6.45) is 3.83. The van der Waals surface area contributed by atoms with Crippen molar-refractivity contribution in [3.63, 3.8) is 0 Å². The van der Waals surface area contributed by atoms with Crippen LogP contribution < -0.4 is 5.32 Å². The van der Waals surface area contributed by atoms with Crippen LogP contribution in [-0.2, 0) is 20.1 Å². The predicted octanol–water partition coefficient (Wildman–Crippen LogP) is 1.82. The molecule has 0 saturated heterocycles. The topological polar surface area (TPSA) is 47.7 Å². The van der Waals surface area contributed by atoms with Crippen molar-refractivity contribution in [2.75, 3.05) is 12.0 Å². The Morgan fingerprint density at radius 1 is 1.28 bits per heavy atom. The van der Waals surface area contributed by atoms with Gasteiger partial charge in [0.25, 0.3) is 0 Å². The summed E-state index contributed by atoms with van der Waals surface area (Å²) >= 11 is 0. The molecule has 2 rings (SSSR count). The van der Waals surface area contributed by atoms with Crippen LogP contribution in [0.4, 0.5) is 10.2 Å². The molecule has 1 N–H and O–H groups in total. The predicted molar refractivity (Wildman–Crippen MR) is 68.2 cm³/mol. The van der Waals surface area contributed by atoms with Gasteiger partial charge in [0.05, 0.1) is 12.2 Å². The second-order valence-corrected chi connectivity index (χ2v) is 4.38. The van der Waals surface area contributed by atoms with Crippen LogP contribution in [0.2, 0.25) is 0 Å². The number of anilines is 1. The van der Waals surface area contributed by atoms with Crippen molar-refractivity contribution in [3.8, 4) is 0 Å². The molecule has 0 aliphatic heterocycles. The minimum atomic E-state index is -0.401. The number of aryl methyl sites for hydroxylation is 4. The molecule has 0 amide bonds. The third kappa shape index (κ3) is 2.69. The van der Waals surface area contributed by atoms with E-state index in [0.717, 1.165) is 22.6 Å². The number of alkyl halides is 1. The van der Waals surface area contributed by atoms with E-state index in [9.17, 15) is 4.39 Å². The van der Waals surface area contributed by atoms with Gasteiger partial charge in [-0.1, -0.05) is 0 Å². The van der Waals surface area contributed by atoms with E-state index in [0.29, 0.717) is 13.1 Å². The average molecular weight is 251 g/mol. The van der Waals surface area contributed by atoms with E-state index in [1.54, 1.807) is 9.36 Å². The monoisotopic (exact) mass is 251 g/mol. The molecule has 0 fully saturated rings. The SMILES string of the molecule is Cc1cn(CCF)nc1NCc1cn(C)nc1C. The zero-order valence-corrected chi connectivity index (χ0v) is 10.9. The Hall–Kier alpha value is -1.85. The molecule has 5 nitrogen and oxygen atoms in total. The summed E-state index contributed by atoms with van der Waals surface area (Å²) in [5.41, 5.74) is 3.16. The first-order valence-corrected chi connectivity index (χ1v) is 5.93. The molecule has 0 unspecified atom stereocenters. The number of rotatable bonds is 5. The largest absolute Gasteiger partial charge is 0.364 e.